The molecule has 1 aromatic rings. The number of alkyl halides is 6. The van der Waals surface area contributed by atoms with Crippen LogP contribution < -0.4 is 0 Å². The highest BCUT2D eigenvalue weighted by Crippen LogP contribution is 2.48. The second-order valence-electron chi connectivity index (χ2n) is 9.23. The number of amides is 1. The van der Waals surface area contributed by atoms with Crippen LogP contribution in [0.25, 0.3) is 6.08 Å². The molecule has 0 unspecified atom stereocenters. The number of carbonyl (C=O) groups is 1. The lowest BCUT2D eigenvalue weighted by atomic mass is 9.98. The zero-order valence-electron chi connectivity index (χ0n) is 20.9. The van der Waals surface area contributed by atoms with Crippen LogP contribution >= 0.6 is 11.8 Å². The van der Waals surface area contributed by atoms with Crippen molar-refractivity contribution in [3.63, 3.8) is 0 Å². The molecule has 2 fully saturated rings. The first-order valence-electron chi connectivity index (χ1n) is 12.6. The minimum absolute atomic E-state index is 0.0374. The first kappa shape index (κ1) is 29.1. The van der Waals surface area contributed by atoms with Crippen molar-refractivity contribution in [1.29, 1.82) is 0 Å². The minimum atomic E-state index is -5.32. The molecule has 0 aromatic heterocycles. The predicted octanol–water partition coefficient (Wildman–Crippen LogP) is 7.53. The molecule has 1 saturated heterocycles. The summed E-state index contributed by atoms with van der Waals surface area (Å²) < 4.78 is 95.8. The molecule has 4 rings (SSSR count). The number of rotatable bonds is 6. The molecule has 210 valence electrons. The van der Waals surface area contributed by atoms with Crippen molar-refractivity contribution in [2.24, 2.45) is 0 Å². The zero-order valence-corrected chi connectivity index (χ0v) is 21.7. The highest BCUT2D eigenvalue weighted by atomic mass is 32.2. The first-order chi connectivity index (χ1) is 18.5. The number of thioether (sulfide) groups is 1. The Morgan fingerprint density at radius 3 is 2.38 bits per heavy atom. The summed E-state index contributed by atoms with van der Waals surface area (Å²) in [4.78, 5) is 13.4. The van der Waals surface area contributed by atoms with Gasteiger partial charge in [-0.25, -0.2) is 0 Å². The molecule has 0 bridgehead atoms. The van der Waals surface area contributed by atoms with Crippen molar-refractivity contribution in [3.05, 3.63) is 75.6 Å². The lowest BCUT2D eigenvalue weighted by molar-refractivity contribution is -0.163. The smallest absolute Gasteiger partial charge is 0.418 e. The Hall–Kier alpha value is -2.88. The van der Waals surface area contributed by atoms with Gasteiger partial charge >= 0.3 is 12.4 Å². The van der Waals surface area contributed by atoms with E-state index in [-0.39, 0.29) is 37.3 Å². The van der Waals surface area contributed by atoms with E-state index < -0.39 is 39.8 Å². The van der Waals surface area contributed by atoms with Crippen LogP contribution in [0.4, 0.5) is 26.3 Å². The molecular weight excluding hydrogens is 544 g/mol. The van der Waals surface area contributed by atoms with Gasteiger partial charge in [0.1, 0.15) is 0 Å². The van der Waals surface area contributed by atoms with Gasteiger partial charge in [0.25, 0.3) is 0 Å². The third-order valence-electron chi connectivity index (χ3n) is 6.43. The summed E-state index contributed by atoms with van der Waals surface area (Å²) in [5.74, 6) is -0.178. The van der Waals surface area contributed by atoms with Gasteiger partial charge < -0.3 is 14.4 Å². The van der Waals surface area contributed by atoms with Crippen molar-refractivity contribution in [2.45, 2.75) is 55.5 Å². The van der Waals surface area contributed by atoms with Gasteiger partial charge in [-0.1, -0.05) is 36.1 Å². The molecule has 0 atom stereocenters. The molecule has 11 heteroatoms. The normalized spacial score (nSPS) is 19.2. The Bertz CT molecular complexity index is 1210. The molecule has 1 heterocycles. The van der Waals surface area contributed by atoms with E-state index in [0.717, 1.165) is 56.4 Å². The lowest BCUT2D eigenvalue weighted by Crippen LogP contribution is -2.39. The third-order valence-corrected chi connectivity index (χ3v) is 7.48. The number of allylic oxidation sites excluding steroid dienone is 3. The lowest BCUT2D eigenvalue weighted by Gasteiger charge is -2.25. The molecule has 3 aliphatic rings. The third kappa shape index (κ3) is 7.84. The Balaban J connectivity index is 1.64. The fourth-order valence-corrected chi connectivity index (χ4v) is 5.53. The molecule has 0 radical (unpaired) electrons. The Kier molecular flexibility index (Phi) is 9.35. The van der Waals surface area contributed by atoms with Gasteiger partial charge in [-0.2, -0.15) is 26.3 Å². The highest BCUT2D eigenvalue weighted by molar-refractivity contribution is 8.03. The molecule has 1 aromatic carbocycles. The van der Waals surface area contributed by atoms with Gasteiger partial charge in [-0.15, -0.1) is 0 Å². The Labute approximate surface area is 226 Å². The fourth-order valence-electron chi connectivity index (χ4n) is 4.56. The molecular formula is C28H27F6NO3S. The van der Waals surface area contributed by atoms with Crippen molar-refractivity contribution in [3.8, 4) is 0 Å². The molecule has 39 heavy (non-hydrogen) atoms. The van der Waals surface area contributed by atoms with Gasteiger partial charge in [0, 0.05) is 29.0 Å². The number of hydrogen-bond donors (Lipinski definition) is 0. The van der Waals surface area contributed by atoms with Gasteiger partial charge in [-0.05, 0) is 61.6 Å². The summed E-state index contributed by atoms with van der Waals surface area (Å²) in [6, 6.07) is 1.95. The SMILES string of the molecule is O=C(/C=C/c1ccc(SC2=CC=CC(OC3CCCCC3)=C=C2)c(C(F)(F)F)c1C(F)(F)F)N1CCOCC1. The maximum absolute atomic E-state index is 14.2. The molecule has 1 saturated carbocycles. The van der Waals surface area contributed by atoms with Gasteiger partial charge in [0.15, 0.2) is 5.76 Å². The summed E-state index contributed by atoms with van der Waals surface area (Å²) in [5, 5.41) is 0. The number of halogens is 6. The summed E-state index contributed by atoms with van der Waals surface area (Å²) in [6.07, 6.45) is 2.23. The van der Waals surface area contributed by atoms with Gasteiger partial charge in [0.05, 0.1) is 30.4 Å². The van der Waals surface area contributed by atoms with E-state index in [1.807, 2.05) is 0 Å². The maximum atomic E-state index is 14.2. The van der Waals surface area contributed by atoms with Crippen molar-refractivity contribution in [1.82, 2.24) is 4.90 Å². The monoisotopic (exact) mass is 571 g/mol. The predicted molar refractivity (Wildman–Crippen MR) is 136 cm³/mol. The van der Waals surface area contributed by atoms with Crippen molar-refractivity contribution < 1.29 is 40.6 Å². The van der Waals surface area contributed by atoms with Crippen LogP contribution in [0, 0.1) is 0 Å². The van der Waals surface area contributed by atoms with E-state index in [0.29, 0.717) is 17.5 Å². The van der Waals surface area contributed by atoms with E-state index in [1.54, 1.807) is 12.2 Å². The number of hydrogen-bond acceptors (Lipinski definition) is 4. The molecule has 0 N–H and O–H groups in total. The van der Waals surface area contributed by atoms with E-state index >= 15 is 0 Å². The van der Waals surface area contributed by atoms with E-state index in [4.69, 9.17) is 9.47 Å². The standard InChI is InChI=1S/C28H27F6NO3S/c29-27(30,31)25-19(10-14-24(36)35-15-17-37-18-16-35)9-13-23(26(25)28(32,33)34)39-22-8-4-7-21(11-12-22)38-20-5-2-1-3-6-20/h4,7-10,12-14,20H,1-3,5-6,15-18H2/b14-10+. The van der Waals surface area contributed by atoms with Crippen molar-refractivity contribution in [2.75, 3.05) is 26.3 Å². The van der Waals surface area contributed by atoms with E-state index in [2.05, 4.69) is 5.73 Å². The number of carbonyl (C=O) groups excluding carboxylic acids is 1. The quantitative estimate of drug-likeness (QED) is 0.201. The average Bonchev–Trinajstić information content (AvgIpc) is 3.12. The topological polar surface area (TPSA) is 38.8 Å². The van der Waals surface area contributed by atoms with Gasteiger partial charge in [0.2, 0.25) is 5.91 Å². The van der Waals surface area contributed by atoms with Crippen LogP contribution in [0.2, 0.25) is 0 Å². The zero-order chi connectivity index (χ0) is 28.0. The summed E-state index contributed by atoms with van der Waals surface area (Å²) in [5.41, 5.74) is -1.47. The van der Waals surface area contributed by atoms with Gasteiger partial charge in [-0.3, -0.25) is 4.79 Å². The number of ether oxygens (including phenoxy) is 2. The largest absolute Gasteiger partial charge is 0.483 e. The Morgan fingerprint density at radius 1 is 1.03 bits per heavy atom. The Morgan fingerprint density at radius 2 is 1.72 bits per heavy atom. The van der Waals surface area contributed by atoms with Crippen LogP contribution in [0.15, 0.2) is 63.8 Å². The van der Waals surface area contributed by atoms with Crippen LogP contribution in [0.5, 0.6) is 0 Å². The molecule has 4 nitrogen and oxygen atoms in total. The first-order valence-corrected chi connectivity index (χ1v) is 13.4. The molecule has 2 aliphatic carbocycles. The summed E-state index contributed by atoms with van der Waals surface area (Å²) >= 11 is 0.555. The second kappa shape index (κ2) is 12.5. The van der Waals surface area contributed by atoms with Crippen molar-refractivity contribution >= 4 is 23.7 Å². The summed E-state index contributed by atoms with van der Waals surface area (Å²) in [7, 11) is 0. The van der Waals surface area contributed by atoms with E-state index in [1.165, 1.54) is 17.1 Å². The van der Waals surface area contributed by atoms with E-state index in [9.17, 15) is 31.1 Å². The fraction of sp³-hybridized carbons (Fsp3) is 0.429. The number of morpholine rings is 1. The average molecular weight is 572 g/mol. The van der Waals surface area contributed by atoms with Crippen LogP contribution in [0.1, 0.15) is 48.8 Å². The number of benzene rings is 1. The maximum Gasteiger partial charge on any atom is 0.418 e. The van der Waals surface area contributed by atoms with Crippen LogP contribution in [-0.2, 0) is 26.6 Å². The van der Waals surface area contributed by atoms with Crippen LogP contribution in [0.3, 0.4) is 0 Å². The van der Waals surface area contributed by atoms with Crippen LogP contribution in [-0.4, -0.2) is 43.2 Å². The summed E-state index contributed by atoms with van der Waals surface area (Å²) in [6.45, 7) is 1.05. The highest BCUT2D eigenvalue weighted by Gasteiger charge is 2.46. The second-order valence-corrected chi connectivity index (χ2v) is 10.3. The number of nitrogens with zero attached hydrogens (tertiary/aromatic N) is 1. The molecule has 0 spiro atoms. The minimum Gasteiger partial charge on any atom is -0.483 e. The molecule has 1 aliphatic heterocycles. The molecule has 1 amide bonds.